The van der Waals surface area contributed by atoms with Gasteiger partial charge in [-0.3, -0.25) is 0 Å². The summed E-state index contributed by atoms with van der Waals surface area (Å²) in [6.45, 7) is 4.59. The third-order valence-electron chi connectivity index (χ3n) is 4.47. The summed E-state index contributed by atoms with van der Waals surface area (Å²) in [6.07, 6.45) is 17.1. The number of fused-ring (bicyclic) bond motifs is 2. The maximum Gasteiger partial charge on any atom is 2.00 e. The summed E-state index contributed by atoms with van der Waals surface area (Å²) in [7, 11) is 2.89. The van der Waals surface area contributed by atoms with E-state index in [1.807, 2.05) is 0 Å². The molecule has 0 nitrogen and oxygen atoms in total. The smallest absolute Gasteiger partial charge is 1.00 e. The Hall–Kier alpha value is 0.243. The van der Waals surface area contributed by atoms with Gasteiger partial charge in [0.1, 0.15) is 0 Å². The molecule has 24 heavy (non-hydrogen) atoms. The maximum absolute atomic E-state index is 2.31. The van der Waals surface area contributed by atoms with Crippen LogP contribution in [0.1, 0.15) is 33.1 Å². The van der Waals surface area contributed by atoms with Gasteiger partial charge in [0, 0.05) is 10.6 Å². The molecule has 0 bridgehead atoms. The van der Waals surface area contributed by atoms with E-state index in [0.717, 1.165) is 6.42 Å². The van der Waals surface area contributed by atoms with E-state index < -0.39 is 0 Å². The van der Waals surface area contributed by atoms with E-state index in [1.54, 1.807) is 21.7 Å². The van der Waals surface area contributed by atoms with Gasteiger partial charge in [-0.05, 0) is 64.3 Å². The minimum Gasteiger partial charge on any atom is -1.00 e. The first kappa shape index (κ1) is 22.3. The van der Waals surface area contributed by atoms with Crippen molar-refractivity contribution in [2.75, 3.05) is 0 Å². The Kier molecular flexibility index (Phi) is 8.60. The van der Waals surface area contributed by atoms with E-state index in [2.05, 4.69) is 50.3 Å². The molecule has 5 heteroatoms. The molecule has 0 saturated carbocycles. The van der Waals surface area contributed by atoms with E-state index in [-0.39, 0.29) is 51.0 Å². The predicted octanol–water partition coefficient (Wildman–Crippen LogP) is -0.0330. The molecule has 2 aliphatic carbocycles. The predicted molar refractivity (Wildman–Crippen MR) is 97.6 cm³/mol. The van der Waals surface area contributed by atoms with Crippen molar-refractivity contribution in [1.82, 2.24) is 0 Å². The molecule has 4 aliphatic rings. The number of rotatable bonds is 4. The quantitative estimate of drug-likeness (QED) is 0.507. The molecule has 0 N–H and O–H groups in total. The van der Waals surface area contributed by atoms with E-state index in [4.69, 9.17) is 0 Å². The summed E-state index contributed by atoms with van der Waals surface area (Å²) < 4.78 is 0. The van der Waals surface area contributed by atoms with Crippen molar-refractivity contribution < 1.29 is 51.0 Å². The molecule has 0 fully saturated rings. The van der Waals surface area contributed by atoms with Crippen LogP contribution in [0, 0.1) is 0 Å². The Balaban J connectivity index is 0.000000960. The second-order valence-electron chi connectivity index (χ2n) is 5.61. The van der Waals surface area contributed by atoms with Crippen molar-refractivity contribution in [3.05, 3.63) is 69.4 Å². The third-order valence-corrected chi connectivity index (χ3v) is 7.44. The molecule has 4 rings (SSSR count). The van der Waals surface area contributed by atoms with E-state index in [9.17, 15) is 0 Å². The van der Waals surface area contributed by atoms with Crippen molar-refractivity contribution in [3.63, 3.8) is 0 Å². The summed E-state index contributed by atoms with van der Waals surface area (Å²) in [5, 5.41) is 6.28. The molecule has 0 aromatic rings. The first-order valence-corrected chi connectivity index (χ1v) is 9.50. The minimum absolute atomic E-state index is 0. The van der Waals surface area contributed by atoms with Gasteiger partial charge in [0.25, 0.3) is 0 Å². The summed E-state index contributed by atoms with van der Waals surface area (Å²) in [6, 6.07) is 0. The van der Waals surface area contributed by atoms with Crippen molar-refractivity contribution >= 4 is 27.0 Å². The zero-order chi connectivity index (χ0) is 14.4. The largest absolute Gasteiger partial charge is 2.00 e. The molecule has 0 unspecified atom stereocenters. The van der Waals surface area contributed by atoms with Crippen molar-refractivity contribution in [2.24, 2.45) is 0 Å². The van der Waals surface area contributed by atoms with Crippen LogP contribution in [-0.4, -0.2) is 10.6 Å². The number of hydrogen-bond donors (Lipinski definition) is 0. The van der Waals surface area contributed by atoms with Crippen LogP contribution in [0.25, 0.3) is 0 Å². The van der Waals surface area contributed by atoms with Gasteiger partial charge in [0.2, 0.25) is 0 Å². The number of allylic oxidation sites excluding steroid dienone is 12. The second kappa shape index (κ2) is 9.26. The normalized spacial score (nSPS) is 20.4. The molecule has 2 aliphatic heterocycles. The van der Waals surface area contributed by atoms with Crippen LogP contribution in [0.15, 0.2) is 69.4 Å². The first-order valence-electron chi connectivity index (χ1n) is 7.71. The number of halogens is 2. The van der Waals surface area contributed by atoms with Gasteiger partial charge < -0.3 is 24.8 Å². The fourth-order valence-electron chi connectivity index (χ4n) is 3.42. The molecule has 0 atom stereocenters. The molecule has 0 saturated heterocycles. The van der Waals surface area contributed by atoms with Gasteiger partial charge in [0.05, 0.1) is 0 Å². The molecular formula is C19H18Cl2P2Zr. The fourth-order valence-corrected chi connectivity index (χ4v) is 5.97. The molecule has 0 aromatic heterocycles. The summed E-state index contributed by atoms with van der Waals surface area (Å²) >= 11 is 0. The van der Waals surface area contributed by atoms with Gasteiger partial charge in [-0.25, -0.2) is 0 Å². The number of hydrogen-bond acceptors (Lipinski definition) is 0. The van der Waals surface area contributed by atoms with Crippen LogP contribution in [0.2, 0.25) is 0 Å². The molecule has 0 radical (unpaired) electrons. The zero-order valence-corrected chi connectivity index (χ0v) is 19.5. The topological polar surface area (TPSA) is 0 Å². The molecule has 0 spiro atoms. The zero-order valence-electron chi connectivity index (χ0n) is 13.7. The monoisotopic (exact) mass is 468 g/mol. The van der Waals surface area contributed by atoms with Crippen molar-refractivity contribution in [3.8, 4) is 0 Å². The summed E-state index contributed by atoms with van der Waals surface area (Å²) in [4.78, 5) is 0. The molecule has 2 heterocycles. The van der Waals surface area contributed by atoms with Gasteiger partial charge in [-0.2, -0.15) is 0 Å². The fraction of sp³-hybridized carbons (Fsp3) is 0.263. The van der Waals surface area contributed by atoms with Crippen LogP contribution in [0.5, 0.6) is 0 Å². The third kappa shape index (κ3) is 3.68. The molecule has 0 amide bonds. The van der Waals surface area contributed by atoms with E-state index in [0.29, 0.717) is 0 Å². The Morgan fingerprint density at radius 1 is 0.750 bits per heavy atom. The Morgan fingerprint density at radius 2 is 1.17 bits per heavy atom. The van der Waals surface area contributed by atoms with Crippen molar-refractivity contribution in [2.45, 2.75) is 33.1 Å². The van der Waals surface area contributed by atoms with Gasteiger partial charge in [0.15, 0.2) is 0 Å². The van der Waals surface area contributed by atoms with Gasteiger partial charge in [-0.15, -0.1) is 0 Å². The molecule has 0 aromatic carbocycles. The van der Waals surface area contributed by atoms with Gasteiger partial charge >= 0.3 is 26.2 Å². The van der Waals surface area contributed by atoms with Crippen LogP contribution < -0.4 is 24.8 Å². The van der Waals surface area contributed by atoms with Gasteiger partial charge in [-0.1, -0.05) is 54.6 Å². The van der Waals surface area contributed by atoms with E-state index in [1.165, 1.54) is 51.0 Å². The maximum atomic E-state index is 2.31. The Bertz CT molecular complexity index is 724. The molecular weight excluding hydrogens is 452 g/mol. The summed E-state index contributed by atoms with van der Waals surface area (Å²) in [5.41, 5.74) is 6.22. The van der Waals surface area contributed by atoms with Crippen molar-refractivity contribution in [1.29, 1.82) is 0 Å². The first-order chi connectivity index (χ1) is 10.3. The minimum atomic E-state index is 0. The standard InChI is InChI=1S/C19H18P2.2ClH.Zr/c1-3-16-14(12-7-5-9-18(12)20-16)11-15-13-8-6-10-19(13)21-17(15)4-2;;;/h5-10H,3-4,11H2,1-2H3;2*1H;/q;;;+2/p-2. The SMILES string of the molecule is CCC1=PC2=CC=CC2=C1CC1=C2C=CC=C2P=C1CC.[Cl-].[Cl-].[Zr+2]. The van der Waals surface area contributed by atoms with Crippen LogP contribution in [0.4, 0.5) is 0 Å². The van der Waals surface area contributed by atoms with Crippen LogP contribution in [0.3, 0.4) is 0 Å². The second-order valence-corrected chi connectivity index (χ2v) is 8.10. The Morgan fingerprint density at radius 3 is 1.54 bits per heavy atom. The molecule has 122 valence electrons. The van der Waals surface area contributed by atoms with Crippen LogP contribution in [-0.2, 0) is 26.2 Å². The summed E-state index contributed by atoms with van der Waals surface area (Å²) in [5.74, 6) is 0. The average molecular weight is 470 g/mol. The Labute approximate surface area is 179 Å². The average Bonchev–Trinajstić information content (AvgIpc) is 3.21. The van der Waals surface area contributed by atoms with E-state index >= 15 is 0 Å². The van der Waals surface area contributed by atoms with Crippen LogP contribution >= 0.6 is 16.4 Å².